The second kappa shape index (κ2) is 6.09. The predicted octanol–water partition coefficient (Wildman–Crippen LogP) is 3.98. The van der Waals surface area contributed by atoms with E-state index in [1.54, 1.807) is 36.4 Å². The Morgan fingerprint density at radius 3 is 2.38 bits per heavy atom. The zero-order valence-electron chi connectivity index (χ0n) is 12.3. The van der Waals surface area contributed by atoms with E-state index in [2.05, 4.69) is 25.0 Å². The van der Waals surface area contributed by atoms with E-state index >= 15 is 0 Å². The number of nitrogens with one attached hydrogen (secondary N) is 1. The lowest BCUT2D eigenvalue weighted by atomic mass is 10.3. The Bertz CT molecular complexity index is 638. The van der Waals surface area contributed by atoms with Crippen molar-refractivity contribution in [3.05, 3.63) is 54.3 Å². The third kappa shape index (κ3) is 4.16. The van der Waals surface area contributed by atoms with Gasteiger partial charge in [0.1, 0.15) is 11.6 Å². The zero-order valence-corrected chi connectivity index (χ0v) is 13.3. The lowest BCUT2D eigenvalue weighted by molar-refractivity contribution is 0.215. The average molecular weight is 303 g/mol. The van der Waals surface area contributed by atoms with Crippen LogP contribution in [0.15, 0.2) is 48.5 Å². The number of hydrogen-bond donors (Lipinski definition) is 1. The Kier molecular flexibility index (Phi) is 4.42. The van der Waals surface area contributed by atoms with Gasteiger partial charge in [0.15, 0.2) is 0 Å². The summed E-state index contributed by atoms with van der Waals surface area (Å²) in [6.07, 6.45) is -0.701. The molecule has 2 aromatic carbocycles. The van der Waals surface area contributed by atoms with Gasteiger partial charge in [-0.3, -0.25) is 5.32 Å². The molecule has 0 saturated heterocycles. The SMILES string of the molecule is C[Si](C)(C)c1ccc(F)c(NC(=O)Oc2ccccc2)c1. The molecule has 1 amide bonds. The molecule has 21 heavy (non-hydrogen) atoms. The summed E-state index contributed by atoms with van der Waals surface area (Å²) >= 11 is 0. The highest BCUT2D eigenvalue weighted by molar-refractivity contribution is 6.88. The van der Waals surface area contributed by atoms with Crippen molar-refractivity contribution in [1.29, 1.82) is 0 Å². The number of benzene rings is 2. The van der Waals surface area contributed by atoms with Gasteiger partial charge in [-0.1, -0.05) is 49.1 Å². The topological polar surface area (TPSA) is 38.3 Å². The lowest BCUT2D eigenvalue weighted by Gasteiger charge is -2.18. The summed E-state index contributed by atoms with van der Waals surface area (Å²) in [6.45, 7) is 6.48. The van der Waals surface area contributed by atoms with Crippen molar-refractivity contribution in [2.24, 2.45) is 0 Å². The molecule has 3 nitrogen and oxygen atoms in total. The third-order valence-corrected chi connectivity index (χ3v) is 5.07. The molecular weight excluding hydrogens is 285 g/mol. The van der Waals surface area contributed by atoms with Crippen LogP contribution in [0.4, 0.5) is 14.9 Å². The Morgan fingerprint density at radius 1 is 1.10 bits per heavy atom. The first-order valence-corrected chi connectivity index (χ1v) is 10.2. The molecule has 1 N–H and O–H groups in total. The van der Waals surface area contributed by atoms with Crippen molar-refractivity contribution in [3.8, 4) is 5.75 Å². The Labute approximate surface area is 124 Å². The van der Waals surface area contributed by atoms with E-state index in [1.807, 2.05) is 6.07 Å². The molecule has 2 rings (SSSR count). The minimum absolute atomic E-state index is 0.149. The lowest BCUT2D eigenvalue weighted by Crippen LogP contribution is -2.37. The van der Waals surface area contributed by atoms with Gasteiger partial charge in [0.05, 0.1) is 13.8 Å². The van der Waals surface area contributed by atoms with Crippen LogP contribution in [0, 0.1) is 5.82 Å². The summed E-state index contributed by atoms with van der Waals surface area (Å²) in [6, 6.07) is 13.5. The molecule has 2 aromatic rings. The minimum atomic E-state index is -1.57. The molecule has 0 atom stereocenters. The van der Waals surface area contributed by atoms with Crippen molar-refractivity contribution >= 4 is 25.0 Å². The van der Waals surface area contributed by atoms with Crippen LogP contribution in [-0.4, -0.2) is 14.2 Å². The number of ether oxygens (including phenoxy) is 1. The molecule has 5 heteroatoms. The fraction of sp³-hybridized carbons (Fsp3) is 0.188. The monoisotopic (exact) mass is 303 g/mol. The summed E-state index contributed by atoms with van der Waals surface area (Å²) in [5.41, 5.74) is 0.149. The van der Waals surface area contributed by atoms with Crippen LogP contribution in [0.3, 0.4) is 0 Å². The summed E-state index contributed by atoms with van der Waals surface area (Å²) < 4.78 is 18.9. The van der Waals surface area contributed by atoms with Gasteiger partial charge in [-0.15, -0.1) is 0 Å². The number of carbonyl (C=O) groups excluding carboxylic acids is 1. The number of anilines is 1. The van der Waals surface area contributed by atoms with Crippen LogP contribution >= 0.6 is 0 Å². The highest BCUT2D eigenvalue weighted by atomic mass is 28.3. The van der Waals surface area contributed by atoms with E-state index in [4.69, 9.17) is 4.74 Å². The van der Waals surface area contributed by atoms with Crippen molar-refractivity contribution < 1.29 is 13.9 Å². The number of amides is 1. The van der Waals surface area contributed by atoms with E-state index in [0.29, 0.717) is 5.75 Å². The number of carbonyl (C=O) groups is 1. The van der Waals surface area contributed by atoms with Crippen LogP contribution < -0.4 is 15.2 Å². The van der Waals surface area contributed by atoms with E-state index in [9.17, 15) is 9.18 Å². The fourth-order valence-corrected chi connectivity index (χ4v) is 2.98. The summed E-state index contributed by atoms with van der Waals surface area (Å²) in [5.74, 6) is -0.0567. The molecule has 0 bridgehead atoms. The standard InChI is InChI=1S/C16H18FNO2Si/c1-21(2,3)13-9-10-14(17)15(11-13)18-16(19)20-12-7-5-4-6-8-12/h4-11H,1-3H3,(H,18,19). The smallest absolute Gasteiger partial charge is 0.410 e. The Hall–Kier alpha value is -2.14. The second-order valence-electron chi connectivity index (χ2n) is 5.77. The molecule has 0 aliphatic rings. The second-order valence-corrected chi connectivity index (χ2v) is 10.8. The molecule has 0 radical (unpaired) electrons. The Balaban J connectivity index is 2.14. The molecular formula is C16H18FNO2Si. The van der Waals surface area contributed by atoms with Gasteiger partial charge in [-0.25, -0.2) is 9.18 Å². The van der Waals surface area contributed by atoms with Gasteiger partial charge in [0, 0.05) is 0 Å². The first-order chi connectivity index (χ1) is 9.86. The number of rotatable bonds is 3. The van der Waals surface area contributed by atoms with Crippen LogP contribution in [0.25, 0.3) is 0 Å². The predicted molar refractivity (Wildman–Crippen MR) is 85.5 cm³/mol. The summed E-state index contributed by atoms with van der Waals surface area (Å²) in [4.78, 5) is 11.8. The van der Waals surface area contributed by atoms with Crippen LogP contribution in [0.1, 0.15) is 0 Å². The highest BCUT2D eigenvalue weighted by Crippen LogP contribution is 2.16. The van der Waals surface area contributed by atoms with Crippen LogP contribution in [0.5, 0.6) is 5.75 Å². The van der Waals surface area contributed by atoms with E-state index < -0.39 is 20.0 Å². The summed E-state index contributed by atoms with van der Waals surface area (Å²) in [5, 5.41) is 3.53. The zero-order chi connectivity index (χ0) is 15.5. The highest BCUT2D eigenvalue weighted by Gasteiger charge is 2.19. The molecule has 110 valence electrons. The van der Waals surface area contributed by atoms with Crippen molar-refractivity contribution in [1.82, 2.24) is 0 Å². The van der Waals surface area contributed by atoms with E-state index in [-0.39, 0.29) is 5.69 Å². The molecule has 0 aliphatic heterocycles. The molecule has 0 spiro atoms. The van der Waals surface area contributed by atoms with Crippen molar-refractivity contribution in [2.75, 3.05) is 5.32 Å². The molecule has 0 aromatic heterocycles. The van der Waals surface area contributed by atoms with Crippen LogP contribution in [-0.2, 0) is 0 Å². The van der Waals surface area contributed by atoms with Gasteiger partial charge in [-0.05, 0) is 24.3 Å². The van der Waals surface area contributed by atoms with Gasteiger partial charge in [-0.2, -0.15) is 0 Å². The first-order valence-electron chi connectivity index (χ1n) is 6.70. The van der Waals surface area contributed by atoms with Gasteiger partial charge in [0.2, 0.25) is 0 Å². The number of hydrogen-bond acceptors (Lipinski definition) is 2. The maximum absolute atomic E-state index is 13.8. The molecule has 0 heterocycles. The van der Waals surface area contributed by atoms with Gasteiger partial charge in [0.25, 0.3) is 0 Å². The average Bonchev–Trinajstić information content (AvgIpc) is 2.41. The maximum atomic E-state index is 13.8. The number of halogens is 1. The van der Waals surface area contributed by atoms with Gasteiger partial charge < -0.3 is 4.74 Å². The number of para-hydroxylation sites is 1. The van der Waals surface area contributed by atoms with Crippen molar-refractivity contribution in [3.63, 3.8) is 0 Å². The largest absolute Gasteiger partial charge is 0.417 e. The molecule has 0 saturated carbocycles. The minimum Gasteiger partial charge on any atom is -0.410 e. The first kappa shape index (κ1) is 15.2. The Morgan fingerprint density at radius 2 is 1.76 bits per heavy atom. The third-order valence-electron chi connectivity index (χ3n) is 3.02. The summed E-state index contributed by atoms with van der Waals surface area (Å²) in [7, 11) is -1.57. The normalized spacial score (nSPS) is 11.0. The van der Waals surface area contributed by atoms with E-state index in [0.717, 1.165) is 5.19 Å². The maximum Gasteiger partial charge on any atom is 0.417 e. The van der Waals surface area contributed by atoms with Crippen molar-refractivity contribution in [2.45, 2.75) is 19.6 Å². The van der Waals surface area contributed by atoms with Gasteiger partial charge >= 0.3 is 6.09 Å². The fourth-order valence-electron chi connectivity index (χ4n) is 1.82. The quantitative estimate of drug-likeness (QED) is 0.871. The van der Waals surface area contributed by atoms with Crippen LogP contribution in [0.2, 0.25) is 19.6 Å². The molecule has 0 aliphatic carbocycles. The molecule has 0 unspecified atom stereocenters. The molecule has 0 fully saturated rings. The van der Waals surface area contributed by atoms with E-state index in [1.165, 1.54) is 6.07 Å².